The van der Waals surface area contributed by atoms with Crippen LogP contribution in [0.4, 0.5) is 5.69 Å². The van der Waals surface area contributed by atoms with Gasteiger partial charge in [0.25, 0.3) is 0 Å². The molecule has 0 aliphatic carbocycles. The molecule has 0 bridgehead atoms. The number of anilines is 1. The third-order valence-electron chi connectivity index (χ3n) is 5.01. The lowest BCUT2D eigenvalue weighted by Crippen LogP contribution is -2.34. The summed E-state index contributed by atoms with van der Waals surface area (Å²) in [5, 5.41) is 12.8. The maximum Gasteiger partial charge on any atom is 0.323 e. The average molecular weight is 396 g/mol. The maximum absolute atomic E-state index is 13.0. The summed E-state index contributed by atoms with van der Waals surface area (Å²) in [5.41, 5.74) is 1.42. The first-order valence-corrected chi connectivity index (χ1v) is 9.11. The Kier molecular flexibility index (Phi) is 5.50. The predicted octanol–water partition coefficient (Wildman–Crippen LogP) is 3.66. The molecular formula is C22H24N2O5. The number of hydrogen-bond acceptors (Lipinski definition) is 4. The number of carbonyl (C=O) groups excluding carboxylic acids is 1. The molecule has 1 heterocycles. The largest absolute Gasteiger partial charge is 0.493 e. The van der Waals surface area contributed by atoms with Crippen LogP contribution in [-0.2, 0) is 21.5 Å². The number of ether oxygens (including phenoxy) is 2. The van der Waals surface area contributed by atoms with Crippen molar-refractivity contribution in [2.75, 3.05) is 19.5 Å². The van der Waals surface area contributed by atoms with Gasteiger partial charge in [-0.1, -0.05) is 6.07 Å². The summed E-state index contributed by atoms with van der Waals surface area (Å²) in [7, 11) is 3.12. The first kappa shape index (κ1) is 20.3. The molecule has 3 aromatic rings. The summed E-state index contributed by atoms with van der Waals surface area (Å²) in [4.78, 5) is 24.0. The van der Waals surface area contributed by atoms with Crippen molar-refractivity contribution in [3.05, 3.63) is 54.2 Å². The van der Waals surface area contributed by atoms with Crippen molar-refractivity contribution in [3.8, 4) is 11.5 Å². The first-order valence-electron chi connectivity index (χ1n) is 9.11. The van der Waals surface area contributed by atoms with Crippen LogP contribution >= 0.6 is 0 Å². The smallest absolute Gasteiger partial charge is 0.323 e. The van der Waals surface area contributed by atoms with E-state index < -0.39 is 11.4 Å². The molecular weight excluding hydrogens is 372 g/mol. The standard InChI is InChI=1S/C22H24N2O5/c1-22(2,15-5-8-18(28-3)19(12-15)29-4)21(27)23-16-6-7-17-14(11-16)9-10-24(17)13-20(25)26/h5-12H,13H2,1-4H3,(H,23,27)(H,25,26). The summed E-state index contributed by atoms with van der Waals surface area (Å²) >= 11 is 0. The van der Waals surface area contributed by atoms with Crippen LogP contribution in [-0.4, -0.2) is 35.8 Å². The molecule has 1 amide bonds. The summed E-state index contributed by atoms with van der Waals surface area (Å²) in [5.74, 6) is 0.0847. The highest BCUT2D eigenvalue weighted by molar-refractivity contribution is 6.00. The molecule has 0 radical (unpaired) electrons. The molecule has 0 atom stereocenters. The van der Waals surface area contributed by atoms with Crippen molar-refractivity contribution in [1.29, 1.82) is 0 Å². The number of aromatic nitrogens is 1. The van der Waals surface area contributed by atoms with Crippen LogP contribution in [0.15, 0.2) is 48.7 Å². The number of methoxy groups -OCH3 is 2. The van der Waals surface area contributed by atoms with E-state index in [0.717, 1.165) is 16.5 Å². The molecule has 1 aromatic heterocycles. The third kappa shape index (κ3) is 4.03. The fraction of sp³-hybridized carbons (Fsp3) is 0.273. The van der Waals surface area contributed by atoms with Gasteiger partial charge in [-0.2, -0.15) is 0 Å². The zero-order valence-corrected chi connectivity index (χ0v) is 16.9. The summed E-state index contributed by atoms with van der Waals surface area (Å²) < 4.78 is 12.3. The molecule has 0 spiro atoms. The Bertz CT molecular complexity index is 1070. The molecule has 3 rings (SSSR count). The number of amides is 1. The van der Waals surface area contributed by atoms with Crippen molar-refractivity contribution in [1.82, 2.24) is 4.57 Å². The number of rotatable bonds is 7. The monoisotopic (exact) mass is 396 g/mol. The van der Waals surface area contributed by atoms with Crippen molar-refractivity contribution in [2.45, 2.75) is 25.8 Å². The van der Waals surface area contributed by atoms with Crippen molar-refractivity contribution < 1.29 is 24.2 Å². The van der Waals surface area contributed by atoms with Gasteiger partial charge in [0.2, 0.25) is 5.91 Å². The lowest BCUT2D eigenvalue weighted by atomic mass is 9.83. The maximum atomic E-state index is 13.0. The molecule has 0 saturated heterocycles. The number of benzene rings is 2. The Morgan fingerprint density at radius 3 is 2.41 bits per heavy atom. The minimum atomic E-state index is -0.906. The van der Waals surface area contributed by atoms with Gasteiger partial charge in [-0.15, -0.1) is 0 Å². The Hall–Kier alpha value is -3.48. The van der Waals surface area contributed by atoms with Crippen LogP contribution in [0.25, 0.3) is 10.9 Å². The molecule has 2 N–H and O–H groups in total. The summed E-state index contributed by atoms with van der Waals surface area (Å²) in [6.07, 6.45) is 1.72. The van der Waals surface area contributed by atoms with Gasteiger partial charge in [-0.25, -0.2) is 0 Å². The van der Waals surface area contributed by atoms with E-state index in [-0.39, 0.29) is 12.5 Å². The minimum Gasteiger partial charge on any atom is -0.493 e. The van der Waals surface area contributed by atoms with Crippen LogP contribution in [0.1, 0.15) is 19.4 Å². The van der Waals surface area contributed by atoms with Crippen molar-refractivity contribution in [2.24, 2.45) is 0 Å². The van der Waals surface area contributed by atoms with Gasteiger partial charge >= 0.3 is 5.97 Å². The Labute approximate surface area is 168 Å². The van der Waals surface area contributed by atoms with Gasteiger partial charge in [0.15, 0.2) is 11.5 Å². The van der Waals surface area contributed by atoms with E-state index >= 15 is 0 Å². The molecule has 2 aromatic carbocycles. The van der Waals surface area contributed by atoms with Crippen LogP contribution in [0.5, 0.6) is 11.5 Å². The van der Waals surface area contributed by atoms with Gasteiger partial charge in [-0.05, 0) is 55.8 Å². The van der Waals surface area contributed by atoms with Crippen LogP contribution in [0.2, 0.25) is 0 Å². The summed E-state index contributed by atoms with van der Waals surface area (Å²) in [6, 6.07) is 12.6. The van der Waals surface area contributed by atoms with E-state index in [1.54, 1.807) is 49.2 Å². The third-order valence-corrected chi connectivity index (χ3v) is 5.01. The van der Waals surface area contributed by atoms with E-state index in [1.165, 1.54) is 0 Å². The predicted molar refractivity (Wildman–Crippen MR) is 111 cm³/mol. The van der Waals surface area contributed by atoms with Gasteiger partial charge < -0.3 is 24.5 Å². The highest BCUT2D eigenvalue weighted by atomic mass is 16.5. The number of nitrogens with zero attached hydrogens (tertiary/aromatic N) is 1. The lowest BCUT2D eigenvalue weighted by Gasteiger charge is -2.25. The van der Waals surface area contributed by atoms with Gasteiger partial charge in [0.05, 0.1) is 19.6 Å². The molecule has 152 valence electrons. The normalized spacial score (nSPS) is 11.3. The number of carbonyl (C=O) groups is 2. The van der Waals surface area contributed by atoms with E-state index in [0.29, 0.717) is 17.2 Å². The molecule has 7 nitrogen and oxygen atoms in total. The molecule has 29 heavy (non-hydrogen) atoms. The Morgan fingerprint density at radius 2 is 1.76 bits per heavy atom. The first-order chi connectivity index (χ1) is 13.8. The van der Waals surface area contributed by atoms with Gasteiger partial charge in [-0.3, -0.25) is 9.59 Å². The zero-order chi connectivity index (χ0) is 21.2. The summed E-state index contributed by atoms with van der Waals surface area (Å²) in [6.45, 7) is 3.57. The second kappa shape index (κ2) is 7.87. The molecule has 0 aliphatic rings. The fourth-order valence-corrected chi connectivity index (χ4v) is 3.20. The van der Waals surface area contributed by atoms with Crippen LogP contribution in [0, 0.1) is 0 Å². The minimum absolute atomic E-state index is 0.110. The lowest BCUT2D eigenvalue weighted by molar-refractivity contribution is -0.137. The Balaban J connectivity index is 1.84. The van der Waals surface area contributed by atoms with E-state index in [1.807, 2.05) is 32.0 Å². The number of carboxylic acid groups (broad SMARTS) is 1. The van der Waals surface area contributed by atoms with Crippen LogP contribution in [0.3, 0.4) is 0 Å². The number of aliphatic carboxylic acids is 1. The number of fused-ring (bicyclic) bond motifs is 1. The number of carboxylic acids is 1. The highest BCUT2D eigenvalue weighted by Crippen LogP contribution is 2.34. The second-order valence-electron chi connectivity index (χ2n) is 7.26. The molecule has 0 unspecified atom stereocenters. The fourth-order valence-electron chi connectivity index (χ4n) is 3.20. The van der Waals surface area contributed by atoms with Gasteiger partial charge in [0.1, 0.15) is 6.54 Å². The zero-order valence-electron chi connectivity index (χ0n) is 16.9. The number of nitrogens with one attached hydrogen (secondary N) is 1. The molecule has 0 aliphatic heterocycles. The van der Waals surface area contributed by atoms with E-state index in [2.05, 4.69) is 5.32 Å². The second-order valence-corrected chi connectivity index (χ2v) is 7.26. The van der Waals surface area contributed by atoms with Crippen molar-refractivity contribution in [3.63, 3.8) is 0 Å². The topological polar surface area (TPSA) is 89.8 Å². The van der Waals surface area contributed by atoms with E-state index in [9.17, 15) is 9.59 Å². The van der Waals surface area contributed by atoms with Crippen molar-refractivity contribution >= 4 is 28.5 Å². The van der Waals surface area contributed by atoms with Crippen LogP contribution < -0.4 is 14.8 Å². The highest BCUT2D eigenvalue weighted by Gasteiger charge is 2.31. The quantitative estimate of drug-likeness (QED) is 0.636. The molecule has 7 heteroatoms. The van der Waals surface area contributed by atoms with E-state index in [4.69, 9.17) is 14.6 Å². The molecule has 0 fully saturated rings. The Morgan fingerprint density at radius 1 is 1.03 bits per heavy atom. The van der Waals surface area contributed by atoms with Gasteiger partial charge in [0, 0.05) is 22.8 Å². The SMILES string of the molecule is COc1ccc(C(C)(C)C(=O)Nc2ccc3c(ccn3CC(=O)O)c2)cc1OC. The molecule has 0 saturated carbocycles. The average Bonchev–Trinajstić information content (AvgIpc) is 3.08. The number of hydrogen-bond donors (Lipinski definition) is 2.